The molecule has 5 atom stereocenters. The summed E-state index contributed by atoms with van der Waals surface area (Å²) in [5.41, 5.74) is 15.5. The van der Waals surface area contributed by atoms with E-state index in [-0.39, 0.29) is 78.3 Å². The summed E-state index contributed by atoms with van der Waals surface area (Å²) in [6.45, 7) is 10.4. The van der Waals surface area contributed by atoms with Crippen molar-refractivity contribution in [2.24, 2.45) is 11.5 Å². The van der Waals surface area contributed by atoms with Gasteiger partial charge in [-0.3, -0.25) is 24.0 Å². The zero-order valence-corrected chi connectivity index (χ0v) is 37.7. The first-order valence-corrected chi connectivity index (χ1v) is 21.2. The van der Waals surface area contributed by atoms with E-state index < -0.39 is 59.8 Å². The van der Waals surface area contributed by atoms with Crippen molar-refractivity contribution in [1.29, 1.82) is 5.26 Å². The number of ether oxygens (including phenoxy) is 1. The number of carbonyl (C=O) groups excluding carboxylic acids is 5. The molecule has 0 aliphatic carbocycles. The molecule has 344 valence electrons. The van der Waals surface area contributed by atoms with Crippen molar-refractivity contribution < 1.29 is 38.9 Å². The molecule has 65 heavy (non-hydrogen) atoms. The Balaban J connectivity index is 1.55. The largest absolute Gasteiger partial charge is 0.507 e. The molecule has 4 aromatic rings. The van der Waals surface area contributed by atoms with Crippen LogP contribution < -0.4 is 37.5 Å². The highest BCUT2D eigenvalue weighted by Crippen LogP contribution is 2.40. The number of hydrogen-bond donors (Lipinski definition) is 8. The third-order valence-electron chi connectivity index (χ3n) is 11.1. The number of aliphatic hydroxyl groups excluding tert-OH is 1. The summed E-state index contributed by atoms with van der Waals surface area (Å²) in [6, 6.07) is 13.6. The van der Waals surface area contributed by atoms with Crippen LogP contribution in [0.2, 0.25) is 0 Å². The fourth-order valence-electron chi connectivity index (χ4n) is 7.46. The number of carbonyl (C=O) groups is 5. The molecule has 3 aromatic carbocycles. The van der Waals surface area contributed by atoms with Gasteiger partial charge in [0.2, 0.25) is 23.6 Å². The molecular formula is C47H58N10O8. The van der Waals surface area contributed by atoms with Crippen LogP contribution in [0.25, 0.3) is 22.5 Å². The monoisotopic (exact) mass is 890 g/mol. The number of aryl methyl sites for hydroxylation is 2. The molecule has 18 heteroatoms. The molecule has 5 rings (SSSR count). The van der Waals surface area contributed by atoms with Crippen molar-refractivity contribution in [3.8, 4) is 40.1 Å². The van der Waals surface area contributed by atoms with E-state index in [0.717, 1.165) is 16.0 Å². The van der Waals surface area contributed by atoms with Crippen LogP contribution in [0.4, 0.5) is 0 Å². The number of phenols is 1. The van der Waals surface area contributed by atoms with Gasteiger partial charge in [0.15, 0.2) is 5.82 Å². The predicted molar refractivity (Wildman–Crippen MR) is 242 cm³/mol. The van der Waals surface area contributed by atoms with E-state index >= 15 is 0 Å². The highest BCUT2D eigenvalue weighted by atomic mass is 16.5. The third kappa shape index (κ3) is 11.8. The van der Waals surface area contributed by atoms with Crippen molar-refractivity contribution in [3.05, 3.63) is 94.3 Å². The number of rotatable bonds is 13. The Morgan fingerprint density at radius 2 is 1.66 bits per heavy atom. The Morgan fingerprint density at radius 1 is 0.985 bits per heavy atom. The Morgan fingerprint density at radius 3 is 2.28 bits per heavy atom. The highest BCUT2D eigenvalue weighted by Gasteiger charge is 2.36. The Labute approximate surface area is 378 Å². The number of nitrogens with two attached hydrogens (primary N) is 2. The van der Waals surface area contributed by atoms with Gasteiger partial charge in [0, 0.05) is 36.7 Å². The van der Waals surface area contributed by atoms with E-state index in [2.05, 4.69) is 52.0 Å². The third-order valence-corrected chi connectivity index (χ3v) is 11.1. The van der Waals surface area contributed by atoms with Crippen molar-refractivity contribution >= 4 is 29.5 Å². The average Bonchev–Trinajstić information content (AvgIpc) is 3.26. The van der Waals surface area contributed by atoms with Gasteiger partial charge >= 0.3 is 0 Å². The minimum absolute atomic E-state index is 0.0277. The number of benzene rings is 3. The van der Waals surface area contributed by atoms with Gasteiger partial charge in [0.25, 0.3) is 5.91 Å². The van der Waals surface area contributed by atoms with E-state index in [4.69, 9.17) is 21.5 Å². The Kier molecular flexibility index (Phi) is 16.0. The summed E-state index contributed by atoms with van der Waals surface area (Å²) in [5, 5.41) is 41.2. The second-order valence-corrected chi connectivity index (χ2v) is 17.1. The molecule has 2 heterocycles. The molecule has 10 N–H and O–H groups in total. The molecule has 4 bridgehead atoms. The van der Waals surface area contributed by atoms with Gasteiger partial charge in [-0.2, -0.15) is 5.26 Å². The van der Waals surface area contributed by atoms with Crippen LogP contribution in [-0.2, 0) is 31.0 Å². The lowest BCUT2D eigenvalue weighted by Crippen LogP contribution is -2.56. The van der Waals surface area contributed by atoms with Gasteiger partial charge in [0.05, 0.1) is 23.0 Å². The molecule has 5 amide bonds. The molecule has 0 spiro atoms. The number of hydrogen-bond acceptors (Lipinski definition) is 13. The molecule has 1 aliphatic rings. The van der Waals surface area contributed by atoms with E-state index in [1.54, 1.807) is 26.0 Å². The maximum absolute atomic E-state index is 14.6. The predicted octanol–water partition coefficient (Wildman–Crippen LogP) is 1.96. The van der Waals surface area contributed by atoms with Crippen molar-refractivity contribution in [3.63, 3.8) is 0 Å². The van der Waals surface area contributed by atoms with Crippen LogP contribution in [0.5, 0.6) is 11.5 Å². The second-order valence-electron chi connectivity index (χ2n) is 17.1. The van der Waals surface area contributed by atoms with Gasteiger partial charge in [-0.1, -0.05) is 57.2 Å². The lowest BCUT2D eigenvalue weighted by Gasteiger charge is -2.32. The quantitative estimate of drug-likeness (QED) is 0.0893. The van der Waals surface area contributed by atoms with Crippen molar-refractivity contribution in [2.75, 3.05) is 33.3 Å². The number of aromatic nitrogens is 2. The van der Waals surface area contributed by atoms with Crippen LogP contribution in [0.15, 0.2) is 60.7 Å². The SMILES string of the molecule is Cc1nc(-c2ccc(C(C)(C)C)cc2)nc(C)c1C(=O)N[C@@H](CCN)C(=O)N(C)[C@@H]1C(=O)N[C@@H](C)C(=O)N[C@H](C(=O)NCC#N)Cc2ccc(O)c(c2)-c2cc1ccc2OC[C@H](O)CN. The smallest absolute Gasteiger partial charge is 0.255 e. The van der Waals surface area contributed by atoms with Crippen LogP contribution in [0.1, 0.15) is 78.6 Å². The molecule has 0 saturated carbocycles. The highest BCUT2D eigenvalue weighted by molar-refractivity contribution is 6.00. The van der Waals surface area contributed by atoms with Gasteiger partial charge in [-0.05, 0) is 80.1 Å². The maximum atomic E-state index is 14.6. The summed E-state index contributed by atoms with van der Waals surface area (Å²) in [5.74, 6) is -3.18. The first-order valence-electron chi connectivity index (χ1n) is 21.2. The number of nitriles is 1. The second kappa shape index (κ2) is 21.2. The fourth-order valence-corrected chi connectivity index (χ4v) is 7.46. The lowest BCUT2D eigenvalue weighted by molar-refractivity contribution is -0.141. The summed E-state index contributed by atoms with van der Waals surface area (Å²) in [4.78, 5) is 80.5. The van der Waals surface area contributed by atoms with Gasteiger partial charge < -0.3 is 52.6 Å². The molecular weight excluding hydrogens is 833 g/mol. The lowest BCUT2D eigenvalue weighted by atomic mass is 9.86. The van der Waals surface area contributed by atoms with Crippen LogP contribution in [0.3, 0.4) is 0 Å². The van der Waals surface area contributed by atoms with Crippen LogP contribution in [0, 0.1) is 25.2 Å². The average molecular weight is 891 g/mol. The molecule has 0 fully saturated rings. The Bertz CT molecular complexity index is 2440. The molecule has 1 aliphatic heterocycles. The zero-order chi connectivity index (χ0) is 47.7. The summed E-state index contributed by atoms with van der Waals surface area (Å²) in [7, 11) is 1.37. The molecule has 18 nitrogen and oxygen atoms in total. The molecule has 0 radical (unpaired) electrons. The zero-order valence-electron chi connectivity index (χ0n) is 37.7. The summed E-state index contributed by atoms with van der Waals surface area (Å²) >= 11 is 0. The van der Waals surface area contributed by atoms with Gasteiger partial charge in [0.1, 0.15) is 54.9 Å². The first-order chi connectivity index (χ1) is 30.8. The number of nitrogens with one attached hydrogen (secondary N) is 4. The maximum Gasteiger partial charge on any atom is 0.255 e. The van der Waals surface area contributed by atoms with Crippen LogP contribution >= 0.6 is 0 Å². The van der Waals surface area contributed by atoms with Crippen molar-refractivity contribution in [2.45, 2.75) is 90.1 Å². The molecule has 0 saturated heterocycles. The van der Waals surface area contributed by atoms with E-state index in [0.29, 0.717) is 22.8 Å². The number of likely N-dealkylation sites (N-methyl/N-ethyl adjacent to an activating group) is 1. The number of aromatic hydroxyl groups is 1. The van der Waals surface area contributed by atoms with Gasteiger partial charge in [-0.25, -0.2) is 9.97 Å². The van der Waals surface area contributed by atoms with Crippen LogP contribution in [-0.4, -0.2) is 112 Å². The summed E-state index contributed by atoms with van der Waals surface area (Å²) in [6.07, 6.45) is -1.15. The first kappa shape index (κ1) is 49.1. The number of amides is 5. The van der Waals surface area contributed by atoms with E-state index in [1.807, 2.05) is 30.3 Å². The Hall–Kier alpha value is -6.94. The van der Waals surface area contributed by atoms with E-state index in [1.165, 1.54) is 38.2 Å². The standard InChI is InChI=1S/C47H58N10O8/c1-25-39(26(2)53-41(52-25)29-9-12-31(13-10-29)47(4,5)6)44(62)55-35(16-17-48)46(64)57(7)40-30-11-15-38(65-24-32(58)23-50)34(22-30)33-20-28(8-14-37(33)59)21-36(43(61)51-19-18-49)56-42(60)27(3)54-45(40)63/h8-15,20,22,27,32,35-36,40,58-59H,16-17,19,21,23-24,48,50H2,1-7H3,(H,51,61)(H,54,63)(H,55,62)(H,56,60)/t27-,32+,35-,36-,40-/m0/s1. The summed E-state index contributed by atoms with van der Waals surface area (Å²) < 4.78 is 5.97. The van der Waals surface area contributed by atoms with Crippen molar-refractivity contribution in [1.82, 2.24) is 36.1 Å². The topological polar surface area (TPSA) is 288 Å². The number of aliphatic hydroxyl groups is 1. The van der Waals surface area contributed by atoms with Gasteiger partial charge in [-0.15, -0.1) is 0 Å². The number of phenolic OH excluding ortho intramolecular Hbond substituents is 1. The molecule has 1 aromatic heterocycles. The molecule has 0 unspecified atom stereocenters. The minimum Gasteiger partial charge on any atom is -0.507 e. The number of nitrogens with zero attached hydrogens (tertiary/aromatic N) is 4. The fraction of sp³-hybridized carbons (Fsp3) is 0.404. The minimum atomic E-state index is -1.48. The normalized spacial score (nSPS) is 17.3. The number of fused-ring (bicyclic) bond motifs is 5. The van der Waals surface area contributed by atoms with E-state index in [9.17, 15) is 34.2 Å².